The summed E-state index contributed by atoms with van der Waals surface area (Å²) in [5, 5.41) is 0. The average Bonchev–Trinajstić information content (AvgIpc) is 3.17. The van der Waals surface area contributed by atoms with Crippen LogP contribution in [0.25, 0.3) is 0 Å². The quantitative estimate of drug-likeness (QED) is 0.468. The highest BCUT2D eigenvalue weighted by Crippen LogP contribution is 2.33. The standard InChI is InChI=1S/C27H30O4/c1-4-26-21(11-12-23(26)18-31-25-10-5-7-19(2)15-25)13-14-24(28)17-20-8-6-9-22(16-20)27(29)30-3/h5-12,15-16,26H,4,13-14,17-18H2,1-3H3. The van der Waals surface area contributed by atoms with Gasteiger partial charge in [-0.05, 0) is 60.7 Å². The maximum Gasteiger partial charge on any atom is 0.337 e. The Hall–Kier alpha value is -3.14. The number of carbonyl (C=O) groups excluding carboxylic acids is 2. The van der Waals surface area contributed by atoms with Crippen molar-refractivity contribution in [2.24, 2.45) is 5.92 Å². The predicted octanol–water partition coefficient (Wildman–Crippen LogP) is 5.65. The second-order valence-electron chi connectivity index (χ2n) is 7.96. The van der Waals surface area contributed by atoms with Gasteiger partial charge in [-0.3, -0.25) is 4.79 Å². The number of methoxy groups -OCH3 is 1. The molecule has 1 aliphatic rings. The monoisotopic (exact) mass is 418 g/mol. The molecule has 0 fully saturated rings. The van der Waals surface area contributed by atoms with Crippen LogP contribution in [0.15, 0.2) is 71.8 Å². The SMILES string of the molecule is CCC1C(CCC(=O)Cc2cccc(C(=O)OC)c2)=CC=C1COc1cccc(C)c1. The molecule has 3 rings (SSSR count). The topological polar surface area (TPSA) is 52.6 Å². The Morgan fingerprint density at radius 3 is 2.52 bits per heavy atom. The Balaban J connectivity index is 1.50. The van der Waals surface area contributed by atoms with Gasteiger partial charge in [0.05, 0.1) is 12.7 Å². The van der Waals surface area contributed by atoms with Crippen molar-refractivity contribution in [2.45, 2.75) is 39.5 Å². The molecule has 0 heterocycles. The number of carbonyl (C=O) groups is 2. The van der Waals surface area contributed by atoms with Gasteiger partial charge in [0.25, 0.3) is 0 Å². The third kappa shape index (κ3) is 6.17. The van der Waals surface area contributed by atoms with Crippen LogP contribution in [0, 0.1) is 12.8 Å². The smallest absolute Gasteiger partial charge is 0.337 e. The summed E-state index contributed by atoms with van der Waals surface area (Å²) in [5.74, 6) is 0.999. The van der Waals surface area contributed by atoms with Crippen molar-refractivity contribution in [1.82, 2.24) is 0 Å². The van der Waals surface area contributed by atoms with E-state index in [0.29, 0.717) is 30.9 Å². The van der Waals surface area contributed by atoms with E-state index in [1.165, 1.54) is 23.8 Å². The maximum absolute atomic E-state index is 12.6. The zero-order valence-electron chi connectivity index (χ0n) is 18.5. The summed E-state index contributed by atoms with van der Waals surface area (Å²) in [4.78, 5) is 24.2. The zero-order chi connectivity index (χ0) is 22.2. The first kappa shape index (κ1) is 22.5. The van der Waals surface area contributed by atoms with Gasteiger partial charge in [0, 0.05) is 18.8 Å². The molecule has 1 atom stereocenters. The number of aryl methyl sites for hydroxylation is 1. The van der Waals surface area contributed by atoms with Crippen LogP contribution in [0.1, 0.15) is 47.7 Å². The molecule has 31 heavy (non-hydrogen) atoms. The van der Waals surface area contributed by atoms with Crippen molar-refractivity contribution < 1.29 is 19.1 Å². The summed E-state index contributed by atoms with van der Waals surface area (Å²) in [6.07, 6.45) is 6.84. The summed E-state index contributed by atoms with van der Waals surface area (Å²) in [5.41, 5.74) is 5.05. The molecule has 2 aromatic rings. The first-order valence-electron chi connectivity index (χ1n) is 10.8. The van der Waals surface area contributed by atoms with E-state index in [9.17, 15) is 9.59 Å². The van der Waals surface area contributed by atoms with Crippen LogP contribution in [-0.2, 0) is 16.0 Å². The molecule has 2 aromatic carbocycles. The molecule has 0 N–H and O–H groups in total. The maximum atomic E-state index is 12.6. The lowest BCUT2D eigenvalue weighted by Gasteiger charge is -2.18. The molecule has 0 saturated carbocycles. The molecule has 4 nitrogen and oxygen atoms in total. The Labute approximate surface area is 184 Å². The summed E-state index contributed by atoms with van der Waals surface area (Å²) in [6.45, 7) is 4.79. The van der Waals surface area contributed by atoms with Gasteiger partial charge in [-0.15, -0.1) is 0 Å². The minimum atomic E-state index is -0.386. The number of allylic oxidation sites excluding steroid dienone is 3. The van der Waals surface area contributed by atoms with Gasteiger partial charge >= 0.3 is 5.97 Å². The Morgan fingerprint density at radius 1 is 1.00 bits per heavy atom. The van der Waals surface area contributed by atoms with Crippen molar-refractivity contribution in [3.8, 4) is 5.75 Å². The van der Waals surface area contributed by atoms with Gasteiger partial charge in [-0.25, -0.2) is 4.79 Å². The van der Waals surface area contributed by atoms with Crippen LogP contribution >= 0.6 is 0 Å². The number of ketones is 1. The lowest BCUT2D eigenvalue weighted by atomic mass is 9.89. The van der Waals surface area contributed by atoms with Crippen molar-refractivity contribution >= 4 is 11.8 Å². The number of benzene rings is 2. The van der Waals surface area contributed by atoms with Crippen LogP contribution in [0.3, 0.4) is 0 Å². The minimum absolute atomic E-state index is 0.169. The second-order valence-corrected chi connectivity index (χ2v) is 7.96. The molecule has 162 valence electrons. The zero-order valence-corrected chi connectivity index (χ0v) is 18.5. The van der Waals surface area contributed by atoms with E-state index in [2.05, 4.69) is 32.1 Å². The van der Waals surface area contributed by atoms with Gasteiger partial charge in [-0.2, -0.15) is 0 Å². The Kier molecular flexibility index (Phi) is 7.82. The van der Waals surface area contributed by atoms with Gasteiger partial charge in [0.1, 0.15) is 18.1 Å². The molecule has 0 spiro atoms. The predicted molar refractivity (Wildman–Crippen MR) is 122 cm³/mol. The third-order valence-electron chi connectivity index (χ3n) is 5.65. The molecule has 0 amide bonds. The van der Waals surface area contributed by atoms with E-state index in [0.717, 1.165) is 24.2 Å². The summed E-state index contributed by atoms with van der Waals surface area (Å²) < 4.78 is 10.7. The summed E-state index contributed by atoms with van der Waals surface area (Å²) in [6, 6.07) is 15.2. The Bertz CT molecular complexity index is 1000. The third-order valence-corrected chi connectivity index (χ3v) is 5.65. The highest BCUT2D eigenvalue weighted by Gasteiger charge is 2.22. The number of ether oxygens (including phenoxy) is 2. The molecular formula is C27H30O4. The fraction of sp³-hybridized carbons (Fsp3) is 0.333. The van der Waals surface area contributed by atoms with Gasteiger partial charge in [0.2, 0.25) is 0 Å². The Morgan fingerprint density at radius 2 is 1.77 bits per heavy atom. The highest BCUT2D eigenvalue weighted by molar-refractivity contribution is 5.90. The van der Waals surface area contributed by atoms with Crippen LogP contribution < -0.4 is 4.74 Å². The van der Waals surface area contributed by atoms with Crippen LogP contribution in [-0.4, -0.2) is 25.5 Å². The van der Waals surface area contributed by atoms with E-state index in [1.54, 1.807) is 18.2 Å². The van der Waals surface area contributed by atoms with Crippen LogP contribution in [0.2, 0.25) is 0 Å². The molecule has 0 radical (unpaired) electrons. The van der Waals surface area contributed by atoms with E-state index in [1.807, 2.05) is 24.3 Å². The molecular weight excluding hydrogens is 388 g/mol. The average molecular weight is 419 g/mol. The summed E-state index contributed by atoms with van der Waals surface area (Å²) in [7, 11) is 1.36. The normalized spacial score (nSPS) is 15.3. The van der Waals surface area contributed by atoms with Crippen molar-refractivity contribution in [3.63, 3.8) is 0 Å². The highest BCUT2D eigenvalue weighted by atomic mass is 16.5. The molecule has 1 unspecified atom stereocenters. The van der Waals surface area contributed by atoms with E-state index in [4.69, 9.17) is 9.47 Å². The van der Waals surface area contributed by atoms with Gasteiger partial charge < -0.3 is 9.47 Å². The van der Waals surface area contributed by atoms with Crippen LogP contribution in [0.5, 0.6) is 5.75 Å². The first-order chi connectivity index (χ1) is 15.0. The first-order valence-corrected chi connectivity index (χ1v) is 10.8. The van der Waals surface area contributed by atoms with Crippen molar-refractivity contribution in [3.05, 3.63) is 88.5 Å². The van der Waals surface area contributed by atoms with E-state index >= 15 is 0 Å². The number of rotatable bonds is 10. The summed E-state index contributed by atoms with van der Waals surface area (Å²) >= 11 is 0. The number of Topliss-reactive ketones (excluding diaryl/α,β-unsaturated/α-hetero) is 1. The van der Waals surface area contributed by atoms with Gasteiger partial charge in [-0.1, -0.05) is 48.9 Å². The molecule has 0 aliphatic heterocycles. The number of esters is 1. The number of hydrogen-bond acceptors (Lipinski definition) is 4. The van der Waals surface area contributed by atoms with Crippen LogP contribution in [0.4, 0.5) is 0 Å². The van der Waals surface area contributed by atoms with Crippen molar-refractivity contribution in [2.75, 3.05) is 13.7 Å². The molecule has 0 bridgehead atoms. The fourth-order valence-corrected chi connectivity index (χ4v) is 4.01. The second kappa shape index (κ2) is 10.8. The van der Waals surface area contributed by atoms with E-state index in [-0.39, 0.29) is 11.8 Å². The lowest BCUT2D eigenvalue weighted by molar-refractivity contribution is -0.118. The molecule has 0 saturated heterocycles. The number of hydrogen-bond donors (Lipinski definition) is 0. The molecule has 4 heteroatoms. The molecule has 1 aliphatic carbocycles. The fourth-order valence-electron chi connectivity index (χ4n) is 4.01. The molecule has 0 aromatic heterocycles. The van der Waals surface area contributed by atoms with E-state index < -0.39 is 0 Å². The van der Waals surface area contributed by atoms with Gasteiger partial charge in [0.15, 0.2) is 0 Å². The van der Waals surface area contributed by atoms with Crippen molar-refractivity contribution in [1.29, 1.82) is 0 Å². The largest absolute Gasteiger partial charge is 0.489 e. The lowest BCUT2D eigenvalue weighted by Crippen LogP contribution is -2.12. The minimum Gasteiger partial charge on any atom is -0.489 e.